The van der Waals surface area contributed by atoms with Crippen molar-refractivity contribution in [3.8, 4) is 0 Å². The fourth-order valence-electron chi connectivity index (χ4n) is 0.675. The molecule has 4 nitrogen and oxygen atoms in total. The summed E-state index contributed by atoms with van der Waals surface area (Å²) in [5.41, 5.74) is 0. The molecule has 4 heteroatoms. The summed E-state index contributed by atoms with van der Waals surface area (Å²) < 4.78 is 0. The molecule has 0 bridgehead atoms. The van der Waals surface area contributed by atoms with Gasteiger partial charge in [-0.1, -0.05) is 6.08 Å². The Morgan fingerprint density at radius 3 is 2.64 bits per heavy atom. The Hall–Kier alpha value is -0.870. The van der Waals surface area contributed by atoms with Gasteiger partial charge >= 0.3 is 5.97 Å². The molecule has 0 aliphatic carbocycles. The van der Waals surface area contributed by atoms with Gasteiger partial charge in [-0.15, -0.1) is 6.58 Å². The third-order valence-corrected chi connectivity index (χ3v) is 1.23. The van der Waals surface area contributed by atoms with Gasteiger partial charge in [0.1, 0.15) is 6.04 Å². The molecule has 0 aliphatic rings. The van der Waals surface area contributed by atoms with Crippen molar-refractivity contribution in [3.63, 3.8) is 0 Å². The van der Waals surface area contributed by atoms with Crippen LogP contribution in [0.2, 0.25) is 0 Å². The first-order valence-corrected chi connectivity index (χ1v) is 3.34. The maximum absolute atomic E-state index is 10.4. The summed E-state index contributed by atoms with van der Waals surface area (Å²) in [4.78, 5) is 10.4. The zero-order valence-electron chi connectivity index (χ0n) is 6.45. The van der Waals surface area contributed by atoms with Crippen molar-refractivity contribution in [1.29, 1.82) is 0 Å². The third-order valence-electron chi connectivity index (χ3n) is 1.23. The maximum atomic E-state index is 10.4. The van der Waals surface area contributed by atoms with E-state index in [9.17, 15) is 4.79 Å². The number of rotatable bonds is 5. The lowest BCUT2D eigenvalue weighted by Crippen LogP contribution is -2.44. The Kier molecular flexibility index (Phi) is 4.49. The van der Waals surface area contributed by atoms with Crippen molar-refractivity contribution in [3.05, 3.63) is 12.7 Å². The van der Waals surface area contributed by atoms with Crippen LogP contribution in [0, 0.1) is 0 Å². The third kappa shape index (κ3) is 3.75. The number of carbonyl (C=O) groups is 1. The van der Waals surface area contributed by atoms with Crippen molar-refractivity contribution in [2.24, 2.45) is 0 Å². The fourth-order valence-corrected chi connectivity index (χ4v) is 0.675. The summed E-state index contributed by atoms with van der Waals surface area (Å²) in [6.07, 6.45) is 0.644. The Balaban J connectivity index is 3.89. The monoisotopic (exact) mass is 159 g/mol. The van der Waals surface area contributed by atoms with Crippen molar-refractivity contribution in [2.45, 2.75) is 19.1 Å². The number of hydrogen-bond donors (Lipinski definition) is 3. The van der Waals surface area contributed by atoms with Gasteiger partial charge in [-0.3, -0.25) is 10.1 Å². The molecule has 64 valence electrons. The molecule has 0 aromatic rings. The van der Waals surface area contributed by atoms with Gasteiger partial charge < -0.3 is 10.2 Å². The molecule has 3 N–H and O–H groups in total. The van der Waals surface area contributed by atoms with Crippen molar-refractivity contribution in [2.75, 3.05) is 6.54 Å². The molecule has 0 saturated heterocycles. The molecule has 0 saturated carbocycles. The van der Waals surface area contributed by atoms with E-state index in [4.69, 9.17) is 10.2 Å². The molecule has 0 aromatic heterocycles. The lowest BCUT2D eigenvalue weighted by Gasteiger charge is -2.15. The Bertz CT molecular complexity index is 145. The second kappa shape index (κ2) is 4.87. The zero-order chi connectivity index (χ0) is 8.85. The van der Waals surface area contributed by atoms with E-state index in [2.05, 4.69) is 11.9 Å². The molecule has 2 atom stereocenters. The SMILES string of the molecule is C=CCN[C@H](C(=O)O)[C@@H](C)O. The van der Waals surface area contributed by atoms with E-state index in [0.29, 0.717) is 6.54 Å². The summed E-state index contributed by atoms with van der Waals surface area (Å²) in [6, 6.07) is -0.909. The van der Waals surface area contributed by atoms with E-state index >= 15 is 0 Å². The predicted molar refractivity (Wildman–Crippen MR) is 41.3 cm³/mol. The number of aliphatic hydroxyl groups is 1. The van der Waals surface area contributed by atoms with Gasteiger partial charge in [-0.05, 0) is 6.92 Å². The van der Waals surface area contributed by atoms with Crippen LogP contribution in [0.1, 0.15) is 6.92 Å². The number of carboxylic acid groups (broad SMARTS) is 1. The summed E-state index contributed by atoms with van der Waals surface area (Å²) in [5, 5.41) is 20.0. The maximum Gasteiger partial charge on any atom is 0.323 e. The van der Waals surface area contributed by atoms with Gasteiger partial charge in [0, 0.05) is 6.54 Å². The molecule has 0 radical (unpaired) electrons. The van der Waals surface area contributed by atoms with E-state index in [1.165, 1.54) is 6.92 Å². The zero-order valence-corrected chi connectivity index (χ0v) is 6.45. The van der Waals surface area contributed by atoms with Crippen molar-refractivity contribution >= 4 is 5.97 Å². The summed E-state index contributed by atoms with van der Waals surface area (Å²) in [6.45, 7) is 5.22. The van der Waals surface area contributed by atoms with E-state index < -0.39 is 18.1 Å². The second-order valence-electron chi connectivity index (χ2n) is 2.25. The van der Waals surface area contributed by atoms with Crippen molar-refractivity contribution in [1.82, 2.24) is 5.32 Å². The Morgan fingerprint density at radius 1 is 1.82 bits per heavy atom. The molecule has 0 heterocycles. The average molecular weight is 159 g/mol. The van der Waals surface area contributed by atoms with Crippen LogP contribution in [-0.2, 0) is 4.79 Å². The van der Waals surface area contributed by atoms with Gasteiger partial charge in [0.2, 0.25) is 0 Å². The minimum atomic E-state index is -1.05. The second-order valence-corrected chi connectivity index (χ2v) is 2.25. The average Bonchev–Trinajstić information content (AvgIpc) is 1.87. The summed E-state index contributed by atoms with van der Waals surface area (Å²) >= 11 is 0. The minimum Gasteiger partial charge on any atom is -0.480 e. The molecule has 0 amide bonds. The minimum absolute atomic E-state index is 0.377. The highest BCUT2D eigenvalue weighted by molar-refractivity contribution is 5.74. The highest BCUT2D eigenvalue weighted by Gasteiger charge is 2.20. The fraction of sp³-hybridized carbons (Fsp3) is 0.571. The molecule has 0 unspecified atom stereocenters. The number of hydrogen-bond acceptors (Lipinski definition) is 3. The number of aliphatic carboxylic acids is 1. The van der Waals surface area contributed by atoms with Crippen LogP contribution in [0.15, 0.2) is 12.7 Å². The normalized spacial score (nSPS) is 15.5. The number of carboxylic acids is 1. The van der Waals surface area contributed by atoms with Crippen molar-refractivity contribution < 1.29 is 15.0 Å². The smallest absolute Gasteiger partial charge is 0.323 e. The highest BCUT2D eigenvalue weighted by Crippen LogP contribution is 1.91. The topological polar surface area (TPSA) is 69.6 Å². The largest absolute Gasteiger partial charge is 0.480 e. The van der Waals surface area contributed by atoms with Crippen LogP contribution in [0.5, 0.6) is 0 Å². The van der Waals surface area contributed by atoms with Gasteiger partial charge in [-0.25, -0.2) is 0 Å². The molecular formula is C7H13NO3. The molecule has 0 spiro atoms. The van der Waals surface area contributed by atoms with Gasteiger partial charge in [0.15, 0.2) is 0 Å². The van der Waals surface area contributed by atoms with Crippen LogP contribution in [0.25, 0.3) is 0 Å². The Morgan fingerprint density at radius 2 is 2.36 bits per heavy atom. The standard InChI is InChI=1S/C7H13NO3/c1-3-4-8-6(5(2)9)7(10)11/h3,5-6,8-9H,1,4H2,2H3,(H,10,11)/t5-,6+/m1/s1. The van der Waals surface area contributed by atoms with Crippen LogP contribution in [0.4, 0.5) is 0 Å². The van der Waals surface area contributed by atoms with Crippen LogP contribution in [-0.4, -0.2) is 34.9 Å². The first-order valence-electron chi connectivity index (χ1n) is 3.34. The summed E-state index contributed by atoms with van der Waals surface area (Å²) in [7, 11) is 0. The van der Waals surface area contributed by atoms with Gasteiger partial charge in [0.25, 0.3) is 0 Å². The first kappa shape index (κ1) is 10.1. The molecule has 0 rings (SSSR count). The van der Waals surface area contributed by atoms with E-state index in [1.807, 2.05) is 0 Å². The van der Waals surface area contributed by atoms with Gasteiger partial charge in [0.05, 0.1) is 6.10 Å². The van der Waals surface area contributed by atoms with Crippen LogP contribution >= 0.6 is 0 Å². The van der Waals surface area contributed by atoms with E-state index in [-0.39, 0.29) is 0 Å². The Labute approximate surface area is 65.5 Å². The van der Waals surface area contributed by atoms with E-state index in [1.54, 1.807) is 6.08 Å². The number of aliphatic hydroxyl groups excluding tert-OH is 1. The molecule has 0 aromatic carbocycles. The first-order chi connectivity index (χ1) is 5.09. The van der Waals surface area contributed by atoms with Gasteiger partial charge in [-0.2, -0.15) is 0 Å². The lowest BCUT2D eigenvalue weighted by atomic mass is 10.2. The van der Waals surface area contributed by atoms with E-state index in [0.717, 1.165) is 0 Å². The van der Waals surface area contributed by atoms with Crippen LogP contribution < -0.4 is 5.32 Å². The summed E-state index contributed by atoms with van der Waals surface area (Å²) in [5.74, 6) is -1.05. The van der Waals surface area contributed by atoms with Crippen LogP contribution in [0.3, 0.4) is 0 Å². The molecule has 11 heavy (non-hydrogen) atoms. The molecule has 0 aliphatic heterocycles. The highest BCUT2D eigenvalue weighted by atomic mass is 16.4. The predicted octanol–water partition coefficient (Wildman–Crippen LogP) is -0.404. The number of nitrogens with one attached hydrogen (secondary N) is 1. The quantitative estimate of drug-likeness (QED) is 0.477. The molecular weight excluding hydrogens is 146 g/mol. The molecule has 0 fully saturated rings. The lowest BCUT2D eigenvalue weighted by molar-refractivity contribution is -0.142.